The molecule has 13 heavy (non-hydrogen) atoms. The fourth-order valence-corrected chi connectivity index (χ4v) is 1.60. The highest BCUT2D eigenvalue weighted by Gasteiger charge is 2.30. The first-order valence-electron chi connectivity index (χ1n) is 4.35. The van der Waals surface area contributed by atoms with Crippen LogP contribution in [0.3, 0.4) is 0 Å². The van der Waals surface area contributed by atoms with Crippen molar-refractivity contribution in [3.05, 3.63) is 11.9 Å². The molecule has 0 aromatic carbocycles. The third-order valence-electron chi connectivity index (χ3n) is 2.43. The molecule has 1 aromatic rings. The molecule has 0 saturated heterocycles. The molecular formula is C8H12N4O. The average Bonchev–Trinajstić information content (AvgIpc) is 2.45. The van der Waals surface area contributed by atoms with Gasteiger partial charge in [-0.1, -0.05) is 5.21 Å². The molecule has 0 atom stereocenters. The van der Waals surface area contributed by atoms with E-state index in [-0.39, 0.29) is 17.9 Å². The number of hydrogen-bond donors (Lipinski definition) is 1. The Morgan fingerprint density at radius 1 is 1.69 bits per heavy atom. The van der Waals surface area contributed by atoms with Crippen LogP contribution in [0.1, 0.15) is 36.3 Å². The molecule has 0 radical (unpaired) electrons. The van der Waals surface area contributed by atoms with Crippen LogP contribution in [-0.2, 0) is 0 Å². The standard InChI is InChI=1S/C8H12N4O/c1-5(13)8-4-10-11-12(8)7-2-6(9)3-7/h4,6-7H,2-3,9H2,1H3. The highest BCUT2D eigenvalue weighted by molar-refractivity contribution is 5.92. The molecule has 1 aliphatic carbocycles. The van der Waals surface area contributed by atoms with E-state index < -0.39 is 0 Å². The van der Waals surface area contributed by atoms with Gasteiger partial charge in [-0.25, -0.2) is 4.68 Å². The van der Waals surface area contributed by atoms with Crippen LogP contribution >= 0.6 is 0 Å². The smallest absolute Gasteiger partial charge is 0.179 e. The highest BCUT2D eigenvalue weighted by Crippen LogP contribution is 2.30. The Balaban J connectivity index is 2.20. The van der Waals surface area contributed by atoms with Gasteiger partial charge in [0.2, 0.25) is 0 Å². The van der Waals surface area contributed by atoms with Crippen LogP contribution in [0.15, 0.2) is 6.20 Å². The molecule has 5 heteroatoms. The van der Waals surface area contributed by atoms with Crippen molar-refractivity contribution in [1.29, 1.82) is 0 Å². The summed E-state index contributed by atoms with van der Waals surface area (Å²) >= 11 is 0. The summed E-state index contributed by atoms with van der Waals surface area (Å²) in [5, 5.41) is 7.61. The quantitative estimate of drug-likeness (QED) is 0.657. The van der Waals surface area contributed by atoms with E-state index in [0.29, 0.717) is 5.69 Å². The summed E-state index contributed by atoms with van der Waals surface area (Å²) in [6, 6.07) is 0.533. The van der Waals surface area contributed by atoms with Crippen LogP contribution in [0.5, 0.6) is 0 Å². The molecule has 1 fully saturated rings. The second-order valence-corrected chi connectivity index (χ2v) is 3.51. The molecular weight excluding hydrogens is 168 g/mol. The van der Waals surface area contributed by atoms with Crippen molar-refractivity contribution in [2.24, 2.45) is 5.73 Å². The number of hydrogen-bond acceptors (Lipinski definition) is 4. The molecule has 2 rings (SSSR count). The Morgan fingerprint density at radius 3 is 2.92 bits per heavy atom. The highest BCUT2D eigenvalue weighted by atomic mass is 16.1. The number of nitrogens with zero attached hydrogens (tertiary/aromatic N) is 3. The maximum Gasteiger partial charge on any atom is 0.179 e. The third kappa shape index (κ3) is 1.35. The van der Waals surface area contributed by atoms with Crippen LogP contribution < -0.4 is 5.73 Å². The molecule has 70 valence electrons. The number of ketones is 1. The lowest BCUT2D eigenvalue weighted by molar-refractivity contribution is 0.0993. The van der Waals surface area contributed by atoms with Gasteiger partial charge in [0.15, 0.2) is 5.78 Å². The molecule has 0 amide bonds. The van der Waals surface area contributed by atoms with E-state index >= 15 is 0 Å². The van der Waals surface area contributed by atoms with Gasteiger partial charge in [0.25, 0.3) is 0 Å². The molecule has 5 nitrogen and oxygen atoms in total. The normalized spacial score (nSPS) is 26.9. The average molecular weight is 180 g/mol. The first kappa shape index (κ1) is 8.37. The second kappa shape index (κ2) is 2.92. The first-order chi connectivity index (χ1) is 6.18. The maximum absolute atomic E-state index is 11.1. The SMILES string of the molecule is CC(=O)c1cnnn1C1CC(N)C1. The van der Waals surface area contributed by atoms with Crippen LogP contribution in [0.2, 0.25) is 0 Å². The predicted molar refractivity (Wildman–Crippen MR) is 46.3 cm³/mol. The minimum Gasteiger partial charge on any atom is -0.328 e. The summed E-state index contributed by atoms with van der Waals surface area (Å²) < 4.78 is 1.69. The second-order valence-electron chi connectivity index (χ2n) is 3.51. The molecule has 0 unspecified atom stereocenters. The van der Waals surface area contributed by atoms with E-state index in [2.05, 4.69) is 10.3 Å². The molecule has 1 heterocycles. The molecule has 0 spiro atoms. The molecule has 0 aliphatic heterocycles. The molecule has 1 aromatic heterocycles. The summed E-state index contributed by atoms with van der Waals surface area (Å²) in [6.07, 6.45) is 3.29. The van der Waals surface area contributed by atoms with Gasteiger partial charge in [0.05, 0.1) is 12.2 Å². The molecule has 2 N–H and O–H groups in total. The van der Waals surface area contributed by atoms with E-state index in [9.17, 15) is 4.79 Å². The number of aromatic nitrogens is 3. The zero-order chi connectivity index (χ0) is 9.42. The lowest BCUT2D eigenvalue weighted by Gasteiger charge is -2.32. The number of carbonyl (C=O) groups is 1. The minimum atomic E-state index is 0.00507. The Morgan fingerprint density at radius 2 is 2.38 bits per heavy atom. The van der Waals surface area contributed by atoms with E-state index in [1.54, 1.807) is 4.68 Å². The monoisotopic (exact) mass is 180 g/mol. The van der Waals surface area contributed by atoms with Crippen LogP contribution in [0.25, 0.3) is 0 Å². The van der Waals surface area contributed by atoms with Crippen LogP contribution in [0, 0.1) is 0 Å². The van der Waals surface area contributed by atoms with Crippen molar-refractivity contribution in [1.82, 2.24) is 15.0 Å². The first-order valence-corrected chi connectivity index (χ1v) is 4.35. The summed E-state index contributed by atoms with van der Waals surface area (Å²) in [5.41, 5.74) is 6.24. The third-order valence-corrected chi connectivity index (χ3v) is 2.43. The number of carbonyl (C=O) groups excluding carboxylic acids is 1. The van der Waals surface area contributed by atoms with E-state index in [0.717, 1.165) is 12.8 Å². The lowest BCUT2D eigenvalue weighted by atomic mass is 9.87. The Labute approximate surface area is 75.9 Å². The van der Waals surface area contributed by atoms with Crippen molar-refractivity contribution in [3.8, 4) is 0 Å². The fourth-order valence-electron chi connectivity index (χ4n) is 1.60. The van der Waals surface area contributed by atoms with Crippen LogP contribution in [-0.4, -0.2) is 26.8 Å². The van der Waals surface area contributed by atoms with Gasteiger partial charge in [0, 0.05) is 13.0 Å². The fraction of sp³-hybridized carbons (Fsp3) is 0.625. The number of rotatable bonds is 2. The largest absolute Gasteiger partial charge is 0.328 e. The molecule has 0 bridgehead atoms. The Hall–Kier alpha value is -1.23. The number of nitrogens with two attached hydrogens (primary N) is 1. The summed E-state index contributed by atoms with van der Waals surface area (Å²) in [6.45, 7) is 1.52. The van der Waals surface area contributed by atoms with Crippen molar-refractivity contribution in [2.75, 3.05) is 0 Å². The van der Waals surface area contributed by atoms with Crippen LogP contribution in [0.4, 0.5) is 0 Å². The minimum absolute atomic E-state index is 0.00507. The van der Waals surface area contributed by atoms with Gasteiger partial charge in [-0.3, -0.25) is 4.79 Å². The van der Waals surface area contributed by atoms with Gasteiger partial charge in [-0.05, 0) is 12.8 Å². The number of Topliss-reactive ketones (excluding diaryl/α,β-unsaturated/α-hetero) is 1. The predicted octanol–water partition coefficient (Wildman–Crippen LogP) is 0.143. The Bertz CT molecular complexity index is 327. The summed E-state index contributed by atoms with van der Waals surface area (Å²) in [5.74, 6) is 0.00507. The van der Waals surface area contributed by atoms with Crippen molar-refractivity contribution < 1.29 is 4.79 Å². The van der Waals surface area contributed by atoms with E-state index in [1.165, 1.54) is 13.1 Å². The van der Waals surface area contributed by atoms with Gasteiger partial charge in [-0.15, -0.1) is 5.10 Å². The zero-order valence-corrected chi connectivity index (χ0v) is 7.47. The Kier molecular flexibility index (Phi) is 1.88. The topological polar surface area (TPSA) is 73.8 Å². The van der Waals surface area contributed by atoms with Gasteiger partial charge in [-0.2, -0.15) is 0 Å². The van der Waals surface area contributed by atoms with E-state index in [4.69, 9.17) is 5.73 Å². The molecule has 1 saturated carbocycles. The van der Waals surface area contributed by atoms with E-state index in [1.807, 2.05) is 0 Å². The summed E-state index contributed by atoms with van der Waals surface area (Å²) in [4.78, 5) is 11.1. The van der Waals surface area contributed by atoms with Gasteiger partial charge < -0.3 is 5.73 Å². The zero-order valence-electron chi connectivity index (χ0n) is 7.47. The van der Waals surface area contributed by atoms with Crippen molar-refractivity contribution in [2.45, 2.75) is 31.8 Å². The van der Waals surface area contributed by atoms with Crippen molar-refractivity contribution in [3.63, 3.8) is 0 Å². The van der Waals surface area contributed by atoms with Gasteiger partial charge >= 0.3 is 0 Å². The van der Waals surface area contributed by atoms with Crippen molar-refractivity contribution >= 4 is 5.78 Å². The lowest BCUT2D eigenvalue weighted by Crippen LogP contribution is -2.39. The summed E-state index contributed by atoms with van der Waals surface area (Å²) in [7, 11) is 0. The molecule has 1 aliphatic rings. The maximum atomic E-state index is 11.1. The van der Waals surface area contributed by atoms with Gasteiger partial charge in [0.1, 0.15) is 5.69 Å².